The zero-order valence-corrected chi connectivity index (χ0v) is 14.9. The van der Waals surface area contributed by atoms with Gasteiger partial charge in [-0.3, -0.25) is 10.3 Å². The van der Waals surface area contributed by atoms with E-state index in [4.69, 9.17) is 4.74 Å². The van der Waals surface area contributed by atoms with E-state index in [9.17, 15) is 4.79 Å². The normalized spacial score (nSPS) is 13.3. The summed E-state index contributed by atoms with van der Waals surface area (Å²) in [6.45, 7) is 1.86. The molecular formula is C18H17N5O2S. The van der Waals surface area contributed by atoms with Gasteiger partial charge in [0, 0.05) is 23.2 Å². The Bertz CT molecular complexity index is 924. The Kier molecular flexibility index (Phi) is 4.49. The van der Waals surface area contributed by atoms with Gasteiger partial charge in [-0.1, -0.05) is 0 Å². The zero-order valence-electron chi connectivity index (χ0n) is 14.1. The number of carbonyl (C=O) groups is 1. The van der Waals surface area contributed by atoms with Crippen LogP contribution in [0.25, 0.3) is 0 Å². The lowest BCUT2D eigenvalue weighted by Gasteiger charge is -2.12. The van der Waals surface area contributed by atoms with Crippen LogP contribution in [0.5, 0.6) is 5.88 Å². The van der Waals surface area contributed by atoms with E-state index in [2.05, 4.69) is 25.6 Å². The van der Waals surface area contributed by atoms with Gasteiger partial charge in [0.05, 0.1) is 17.6 Å². The van der Waals surface area contributed by atoms with Gasteiger partial charge in [0.25, 0.3) is 0 Å². The van der Waals surface area contributed by atoms with Gasteiger partial charge in [-0.2, -0.15) is 0 Å². The Morgan fingerprint density at radius 3 is 2.85 bits per heavy atom. The molecule has 3 aromatic rings. The zero-order chi connectivity index (χ0) is 17.9. The SMILES string of the molecule is Cc1csc(NC(=O)Oc2nc(C3CC3)ccc2Nc2cccnc2)n1. The van der Waals surface area contributed by atoms with Crippen LogP contribution in [0, 0.1) is 6.92 Å². The molecule has 2 N–H and O–H groups in total. The molecule has 132 valence electrons. The Morgan fingerprint density at radius 1 is 1.27 bits per heavy atom. The summed E-state index contributed by atoms with van der Waals surface area (Å²) in [6, 6.07) is 7.55. The number of rotatable bonds is 5. The van der Waals surface area contributed by atoms with Crippen molar-refractivity contribution in [2.45, 2.75) is 25.7 Å². The smallest absolute Gasteiger partial charge is 0.389 e. The van der Waals surface area contributed by atoms with Crippen LogP contribution in [0.4, 0.5) is 21.3 Å². The second-order valence-electron chi connectivity index (χ2n) is 6.04. The van der Waals surface area contributed by atoms with E-state index in [0.29, 0.717) is 16.7 Å². The summed E-state index contributed by atoms with van der Waals surface area (Å²) in [4.78, 5) is 25.1. The number of aryl methyl sites for hydroxylation is 1. The highest BCUT2D eigenvalue weighted by Crippen LogP contribution is 2.41. The first-order valence-electron chi connectivity index (χ1n) is 8.26. The summed E-state index contributed by atoms with van der Waals surface area (Å²) in [5.41, 5.74) is 3.18. The van der Waals surface area contributed by atoms with Gasteiger partial charge >= 0.3 is 6.09 Å². The second kappa shape index (κ2) is 7.09. The molecule has 0 unspecified atom stereocenters. The van der Waals surface area contributed by atoms with E-state index in [1.54, 1.807) is 12.4 Å². The number of aromatic nitrogens is 3. The predicted octanol–water partition coefficient (Wildman–Crippen LogP) is 4.47. The van der Waals surface area contributed by atoms with Crippen LogP contribution in [0.1, 0.15) is 30.1 Å². The average molecular weight is 367 g/mol. The summed E-state index contributed by atoms with van der Waals surface area (Å²) in [7, 11) is 0. The van der Waals surface area contributed by atoms with Gasteiger partial charge in [-0.05, 0) is 44.0 Å². The van der Waals surface area contributed by atoms with Crippen LogP contribution >= 0.6 is 11.3 Å². The van der Waals surface area contributed by atoms with Gasteiger partial charge < -0.3 is 10.1 Å². The van der Waals surface area contributed by atoms with Crippen molar-refractivity contribution in [3.63, 3.8) is 0 Å². The number of nitrogens with one attached hydrogen (secondary N) is 2. The van der Waals surface area contributed by atoms with Crippen molar-refractivity contribution in [1.29, 1.82) is 0 Å². The Labute approximate surface area is 154 Å². The second-order valence-corrected chi connectivity index (χ2v) is 6.90. The largest absolute Gasteiger partial charge is 0.420 e. The lowest BCUT2D eigenvalue weighted by atomic mass is 10.2. The van der Waals surface area contributed by atoms with Gasteiger partial charge in [0.15, 0.2) is 5.13 Å². The van der Waals surface area contributed by atoms with Crippen LogP contribution in [-0.2, 0) is 0 Å². The number of pyridine rings is 2. The standard InChI is InChI=1S/C18H17N5O2S/c1-11-10-26-17(20-11)23-18(24)25-16-15(21-13-3-2-8-19-9-13)7-6-14(22-16)12-4-5-12/h2-3,6-10,12,21H,4-5H2,1H3,(H,20,23,24). The van der Waals surface area contributed by atoms with Crippen molar-refractivity contribution in [3.8, 4) is 5.88 Å². The molecule has 0 saturated heterocycles. The molecule has 0 atom stereocenters. The van der Waals surface area contributed by atoms with Gasteiger partial charge in [-0.25, -0.2) is 14.8 Å². The molecule has 26 heavy (non-hydrogen) atoms. The molecule has 1 amide bonds. The first kappa shape index (κ1) is 16.5. The minimum Gasteiger partial charge on any atom is -0.389 e. The number of anilines is 3. The summed E-state index contributed by atoms with van der Waals surface area (Å²) < 4.78 is 5.47. The van der Waals surface area contributed by atoms with Crippen LogP contribution in [0.3, 0.4) is 0 Å². The van der Waals surface area contributed by atoms with Crippen molar-refractivity contribution in [2.75, 3.05) is 10.6 Å². The number of carbonyl (C=O) groups excluding carboxylic acids is 1. The predicted molar refractivity (Wildman–Crippen MR) is 100 cm³/mol. The van der Waals surface area contributed by atoms with E-state index in [1.165, 1.54) is 11.3 Å². The first-order valence-corrected chi connectivity index (χ1v) is 9.14. The monoisotopic (exact) mass is 367 g/mol. The van der Waals surface area contributed by atoms with Crippen molar-refractivity contribution < 1.29 is 9.53 Å². The van der Waals surface area contributed by atoms with Crippen LogP contribution in [0.15, 0.2) is 42.0 Å². The van der Waals surface area contributed by atoms with Crippen LogP contribution in [-0.4, -0.2) is 21.0 Å². The maximum atomic E-state index is 12.2. The molecule has 1 aliphatic carbocycles. The number of thiazole rings is 1. The van der Waals surface area contributed by atoms with Crippen molar-refractivity contribution >= 4 is 33.9 Å². The molecule has 3 heterocycles. The molecular weight excluding hydrogens is 350 g/mol. The maximum absolute atomic E-state index is 12.2. The van der Waals surface area contributed by atoms with Crippen molar-refractivity contribution in [3.05, 3.63) is 53.4 Å². The van der Waals surface area contributed by atoms with Crippen LogP contribution in [0.2, 0.25) is 0 Å². The Hall–Kier alpha value is -3.00. The highest BCUT2D eigenvalue weighted by Gasteiger charge is 2.26. The minimum absolute atomic E-state index is 0.240. The van der Waals surface area contributed by atoms with E-state index < -0.39 is 6.09 Å². The third kappa shape index (κ3) is 3.97. The fourth-order valence-electron chi connectivity index (χ4n) is 2.44. The first-order chi connectivity index (χ1) is 12.7. The Balaban J connectivity index is 1.55. The molecule has 1 saturated carbocycles. The fourth-order valence-corrected chi connectivity index (χ4v) is 3.11. The molecule has 4 rings (SSSR count). The van der Waals surface area contributed by atoms with Gasteiger partial charge in [-0.15, -0.1) is 11.3 Å². The number of amides is 1. The number of hydrogen-bond donors (Lipinski definition) is 2. The van der Waals surface area contributed by atoms with Crippen molar-refractivity contribution in [1.82, 2.24) is 15.0 Å². The van der Waals surface area contributed by atoms with E-state index in [1.807, 2.05) is 36.6 Å². The summed E-state index contributed by atoms with van der Waals surface area (Å²) >= 11 is 1.35. The minimum atomic E-state index is -0.617. The maximum Gasteiger partial charge on any atom is 0.420 e. The highest BCUT2D eigenvalue weighted by molar-refractivity contribution is 7.13. The quantitative estimate of drug-likeness (QED) is 0.691. The lowest BCUT2D eigenvalue weighted by Crippen LogP contribution is -2.18. The molecule has 0 spiro atoms. The van der Waals surface area contributed by atoms with E-state index >= 15 is 0 Å². The van der Waals surface area contributed by atoms with Gasteiger partial charge in [0.2, 0.25) is 5.88 Å². The third-order valence-electron chi connectivity index (χ3n) is 3.84. The number of hydrogen-bond acceptors (Lipinski definition) is 7. The van der Waals surface area contributed by atoms with Crippen molar-refractivity contribution in [2.24, 2.45) is 0 Å². The third-order valence-corrected chi connectivity index (χ3v) is 4.71. The average Bonchev–Trinajstić information content (AvgIpc) is 3.40. The summed E-state index contributed by atoms with van der Waals surface area (Å²) in [5.74, 6) is 0.693. The molecule has 1 fully saturated rings. The Morgan fingerprint density at radius 2 is 2.15 bits per heavy atom. The lowest BCUT2D eigenvalue weighted by molar-refractivity contribution is 0.213. The van der Waals surface area contributed by atoms with Crippen LogP contribution < -0.4 is 15.4 Å². The van der Waals surface area contributed by atoms with E-state index in [0.717, 1.165) is 29.9 Å². The fraction of sp³-hybridized carbons (Fsp3) is 0.222. The highest BCUT2D eigenvalue weighted by atomic mass is 32.1. The molecule has 7 nitrogen and oxygen atoms in total. The molecule has 8 heteroatoms. The van der Waals surface area contributed by atoms with E-state index in [-0.39, 0.29) is 5.88 Å². The molecule has 3 aromatic heterocycles. The topological polar surface area (TPSA) is 89.0 Å². The molecule has 0 aliphatic heterocycles. The molecule has 0 bridgehead atoms. The van der Waals surface area contributed by atoms with Gasteiger partial charge in [0.1, 0.15) is 5.69 Å². The molecule has 0 radical (unpaired) electrons. The summed E-state index contributed by atoms with van der Waals surface area (Å²) in [6.07, 6.45) is 5.00. The molecule has 1 aliphatic rings. The molecule has 0 aromatic carbocycles. The number of ether oxygens (including phenoxy) is 1. The number of nitrogens with zero attached hydrogens (tertiary/aromatic N) is 3. The summed E-state index contributed by atoms with van der Waals surface area (Å²) in [5, 5.41) is 8.17.